The van der Waals surface area contributed by atoms with Crippen LogP contribution in [0.25, 0.3) is 0 Å². The van der Waals surface area contributed by atoms with Crippen molar-refractivity contribution in [3.05, 3.63) is 23.3 Å². The highest BCUT2D eigenvalue weighted by molar-refractivity contribution is 5.52. The van der Waals surface area contributed by atoms with Crippen molar-refractivity contribution in [1.82, 2.24) is 0 Å². The van der Waals surface area contributed by atoms with Crippen molar-refractivity contribution in [3.8, 4) is 11.5 Å². The first-order valence-corrected chi connectivity index (χ1v) is 7.16. The van der Waals surface area contributed by atoms with E-state index in [1.807, 2.05) is 0 Å². The lowest BCUT2D eigenvalue weighted by Gasteiger charge is -2.38. The average Bonchev–Trinajstić information content (AvgIpc) is 2.49. The summed E-state index contributed by atoms with van der Waals surface area (Å²) < 4.78 is 39.3. The van der Waals surface area contributed by atoms with E-state index in [2.05, 4.69) is 0 Å². The van der Waals surface area contributed by atoms with E-state index in [4.69, 9.17) is 15.2 Å². The molecule has 2 N–H and O–H groups in total. The van der Waals surface area contributed by atoms with Crippen LogP contribution in [0, 0.1) is 11.6 Å². The van der Waals surface area contributed by atoms with Gasteiger partial charge in [0.2, 0.25) is 0 Å². The Hall–Kier alpha value is -1.36. The largest absolute Gasteiger partial charge is 0.486 e. The summed E-state index contributed by atoms with van der Waals surface area (Å²) in [5.74, 6) is -1.07. The number of nitrogens with two attached hydrogens (primary N) is 1. The molecule has 0 saturated heterocycles. The van der Waals surface area contributed by atoms with Gasteiger partial charge in [-0.25, -0.2) is 8.78 Å². The first-order valence-electron chi connectivity index (χ1n) is 7.16. The van der Waals surface area contributed by atoms with Gasteiger partial charge in [-0.3, -0.25) is 0 Å². The number of halogens is 2. The third kappa shape index (κ3) is 2.04. The highest BCUT2D eigenvalue weighted by atomic mass is 19.2. The third-order valence-electron chi connectivity index (χ3n) is 4.46. The van der Waals surface area contributed by atoms with Crippen molar-refractivity contribution >= 4 is 0 Å². The zero-order chi connectivity index (χ0) is 14.2. The molecule has 0 unspecified atom stereocenters. The summed E-state index contributed by atoms with van der Waals surface area (Å²) in [6, 6.07) is 1.07. The van der Waals surface area contributed by atoms with Crippen molar-refractivity contribution in [2.45, 2.75) is 37.5 Å². The number of ether oxygens (including phenoxy) is 2. The third-order valence-corrected chi connectivity index (χ3v) is 4.46. The van der Waals surface area contributed by atoms with Crippen LogP contribution >= 0.6 is 0 Å². The van der Waals surface area contributed by atoms with Crippen LogP contribution in [0.2, 0.25) is 0 Å². The van der Waals surface area contributed by atoms with Crippen LogP contribution in [0.5, 0.6) is 11.5 Å². The zero-order valence-electron chi connectivity index (χ0n) is 11.4. The highest BCUT2D eigenvalue weighted by Crippen LogP contribution is 2.48. The van der Waals surface area contributed by atoms with Crippen molar-refractivity contribution in [2.24, 2.45) is 5.73 Å². The lowest BCUT2D eigenvalue weighted by Crippen LogP contribution is -2.39. The van der Waals surface area contributed by atoms with Crippen LogP contribution in [0.15, 0.2) is 6.07 Å². The Labute approximate surface area is 117 Å². The summed E-state index contributed by atoms with van der Waals surface area (Å²) in [6.07, 6.45) is 4.59. The van der Waals surface area contributed by atoms with Gasteiger partial charge in [-0.1, -0.05) is 19.3 Å². The number of fused-ring (bicyclic) bond motifs is 1. The van der Waals surface area contributed by atoms with Gasteiger partial charge in [-0.05, 0) is 12.8 Å². The van der Waals surface area contributed by atoms with Gasteiger partial charge in [0.05, 0.1) is 0 Å². The Balaban J connectivity index is 2.17. The molecule has 3 nitrogen and oxygen atoms in total. The van der Waals surface area contributed by atoms with E-state index in [9.17, 15) is 8.78 Å². The van der Waals surface area contributed by atoms with Crippen LogP contribution in [-0.2, 0) is 5.41 Å². The van der Waals surface area contributed by atoms with Crippen molar-refractivity contribution in [3.63, 3.8) is 0 Å². The first-order chi connectivity index (χ1) is 9.68. The topological polar surface area (TPSA) is 44.5 Å². The number of hydrogen-bond donors (Lipinski definition) is 1. The lowest BCUT2D eigenvalue weighted by molar-refractivity contribution is 0.160. The average molecular weight is 283 g/mol. The molecule has 1 fully saturated rings. The summed E-state index contributed by atoms with van der Waals surface area (Å²) in [4.78, 5) is 0. The molecule has 0 atom stereocenters. The maximum Gasteiger partial charge on any atom is 0.168 e. The fourth-order valence-corrected chi connectivity index (χ4v) is 3.39. The number of benzene rings is 1. The van der Waals surface area contributed by atoms with E-state index >= 15 is 0 Å². The van der Waals surface area contributed by atoms with Crippen molar-refractivity contribution < 1.29 is 18.3 Å². The van der Waals surface area contributed by atoms with E-state index in [-0.39, 0.29) is 5.56 Å². The summed E-state index contributed by atoms with van der Waals surface area (Å²) in [6.45, 7) is 1.00. The van der Waals surface area contributed by atoms with Gasteiger partial charge in [0.1, 0.15) is 13.2 Å². The molecule has 110 valence electrons. The first kappa shape index (κ1) is 13.6. The molecule has 0 radical (unpaired) electrons. The van der Waals surface area contributed by atoms with Crippen LogP contribution in [0.3, 0.4) is 0 Å². The Bertz CT molecular complexity index is 513. The molecule has 3 rings (SSSR count). The SMILES string of the molecule is NCC1(c2c(F)c(F)cc3c2OCCO3)CCCCC1. The second-order valence-corrected chi connectivity index (χ2v) is 5.62. The molecular weight excluding hydrogens is 264 g/mol. The van der Waals surface area contributed by atoms with E-state index in [0.717, 1.165) is 38.2 Å². The molecule has 5 heteroatoms. The van der Waals surface area contributed by atoms with Crippen LogP contribution in [0.1, 0.15) is 37.7 Å². The quantitative estimate of drug-likeness (QED) is 0.907. The Morgan fingerprint density at radius 1 is 1.10 bits per heavy atom. The predicted molar refractivity (Wildman–Crippen MR) is 71.2 cm³/mol. The van der Waals surface area contributed by atoms with Gasteiger partial charge < -0.3 is 15.2 Å². The van der Waals surface area contributed by atoms with Gasteiger partial charge in [-0.15, -0.1) is 0 Å². The van der Waals surface area contributed by atoms with Gasteiger partial charge in [0, 0.05) is 23.6 Å². The fourth-order valence-electron chi connectivity index (χ4n) is 3.39. The molecule has 0 aromatic heterocycles. The van der Waals surface area contributed by atoms with E-state index in [1.54, 1.807) is 0 Å². The molecule has 1 aromatic rings. The lowest BCUT2D eigenvalue weighted by atomic mass is 9.69. The minimum atomic E-state index is -0.886. The number of rotatable bonds is 2. The van der Waals surface area contributed by atoms with Gasteiger partial charge in [-0.2, -0.15) is 0 Å². The predicted octanol–water partition coefficient (Wildman–Crippen LogP) is 2.90. The summed E-state index contributed by atoms with van der Waals surface area (Å²) in [7, 11) is 0. The molecule has 0 amide bonds. The minimum Gasteiger partial charge on any atom is -0.486 e. The molecule has 1 heterocycles. The van der Waals surface area contributed by atoms with Crippen LogP contribution in [0.4, 0.5) is 8.78 Å². The summed E-state index contributed by atoms with van der Waals surface area (Å²) in [5, 5.41) is 0. The van der Waals surface area contributed by atoms with E-state index in [0.29, 0.717) is 31.3 Å². The van der Waals surface area contributed by atoms with Gasteiger partial charge >= 0.3 is 0 Å². The number of hydrogen-bond acceptors (Lipinski definition) is 3. The van der Waals surface area contributed by atoms with E-state index < -0.39 is 17.0 Å². The molecular formula is C15H19F2NO2. The Morgan fingerprint density at radius 2 is 1.80 bits per heavy atom. The highest BCUT2D eigenvalue weighted by Gasteiger charge is 2.40. The molecule has 2 aliphatic rings. The molecule has 1 aromatic carbocycles. The smallest absolute Gasteiger partial charge is 0.168 e. The van der Waals surface area contributed by atoms with E-state index in [1.165, 1.54) is 0 Å². The summed E-state index contributed by atoms with van der Waals surface area (Å²) >= 11 is 0. The molecule has 1 saturated carbocycles. The second kappa shape index (κ2) is 5.20. The van der Waals surface area contributed by atoms with Crippen LogP contribution in [-0.4, -0.2) is 19.8 Å². The minimum absolute atomic E-state index is 0.286. The summed E-state index contributed by atoms with van der Waals surface area (Å²) in [5.41, 5.74) is 5.69. The second-order valence-electron chi connectivity index (χ2n) is 5.62. The molecule has 20 heavy (non-hydrogen) atoms. The standard InChI is InChI=1S/C15H19F2NO2/c16-10-8-11-14(20-7-6-19-11)12(13(10)17)15(9-18)4-2-1-3-5-15/h8H,1-7,9,18H2. The molecule has 0 bridgehead atoms. The maximum absolute atomic E-state index is 14.4. The van der Waals surface area contributed by atoms with Crippen molar-refractivity contribution in [2.75, 3.05) is 19.8 Å². The van der Waals surface area contributed by atoms with Crippen LogP contribution < -0.4 is 15.2 Å². The molecule has 1 aliphatic carbocycles. The van der Waals surface area contributed by atoms with Gasteiger partial charge in [0.15, 0.2) is 23.1 Å². The molecule has 0 spiro atoms. The Morgan fingerprint density at radius 3 is 2.50 bits per heavy atom. The van der Waals surface area contributed by atoms with Crippen molar-refractivity contribution in [1.29, 1.82) is 0 Å². The normalized spacial score (nSPS) is 20.8. The van der Waals surface area contributed by atoms with Gasteiger partial charge in [0.25, 0.3) is 0 Å². The zero-order valence-corrected chi connectivity index (χ0v) is 11.4. The molecule has 1 aliphatic heterocycles. The fraction of sp³-hybridized carbons (Fsp3) is 0.600. The Kier molecular flexibility index (Phi) is 3.54. The maximum atomic E-state index is 14.4. The monoisotopic (exact) mass is 283 g/mol.